The summed E-state index contributed by atoms with van der Waals surface area (Å²) < 4.78 is 6.16. The van der Waals surface area contributed by atoms with Crippen molar-refractivity contribution in [3.63, 3.8) is 0 Å². The molecule has 0 saturated carbocycles. The van der Waals surface area contributed by atoms with E-state index >= 15 is 0 Å². The smallest absolute Gasteiger partial charge is 0.120 e. The Kier molecular flexibility index (Phi) is 8.01. The Balaban J connectivity index is 1.33. The minimum atomic E-state index is 0.537. The van der Waals surface area contributed by atoms with E-state index in [1.807, 2.05) is 36.4 Å². The number of anilines is 3. The largest absolute Gasteiger partial charge is 0.489 e. The topological polar surface area (TPSA) is 12.5 Å². The molecule has 0 heterocycles. The maximum absolute atomic E-state index is 6.16. The highest BCUT2D eigenvalue weighted by Crippen LogP contribution is 2.35. The van der Waals surface area contributed by atoms with Gasteiger partial charge in [-0.1, -0.05) is 121 Å². The van der Waals surface area contributed by atoms with E-state index in [4.69, 9.17) is 4.74 Å². The van der Waals surface area contributed by atoms with Crippen LogP contribution in [0.1, 0.15) is 22.3 Å². The van der Waals surface area contributed by atoms with Gasteiger partial charge in [0.25, 0.3) is 0 Å². The first-order valence-corrected chi connectivity index (χ1v) is 13.9. The van der Waals surface area contributed by atoms with Crippen LogP contribution in [0.5, 0.6) is 5.75 Å². The number of ether oxygens (including phenoxy) is 1. The summed E-state index contributed by atoms with van der Waals surface area (Å²) in [6.07, 6.45) is 2.25. The highest BCUT2D eigenvalue weighted by atomic mass is 16.5. The Morgan fingerprint density at radius 2 is 1.00 bits per heavy atom. The van der Waals surface area contributed by atoms with Crippen LogP contribution in [0.25, 0.3) is 11.6 Å². The molecule has 0 unspecified atom stereocenters. The van der Waals surface area contributed by atoms with Crippen LogP contribution >= 0.6 is 0 Å². The van der Waals surface area contributed by atoms with Gasteiger partial charge in [-0.05, 0) is 82.4 Å². The molecular formula is C39H31NO. The van der Waals surface area contributed by atoms with Crippen LogP contribution in [-0.2, 0) is 6.61 Å². The summed E-state index contributed by atoms with van der Waals surface area (Å²) in [5.74, 6) is 0.852. The first-order chi connectivity index (χ1) is 20.3. The van der Waals surface area contributed by atoms with Gasteiger partial charge in [0.2, 0.25) is 0 Å². The van der Waals surface area contributed by atoms with Gasteiger partial charge in [0.05, 0.1) is 0 Å². The molecule has 0 aliphatic carbocycles. The molecule has 2 heteroatoms. The van der Waals surface area contributed by atoms with E-state index in [2.05, 4.69) is 144 Å². The monoisotopic (exact) mass is 529 g/mol. The fourth-order valence-electron chi connectivity index (χ4n) is 4.93. The molecule has 0 N–H and O–H groups in total. The van der Waals surface area contributed by atoms with E-state index < -0.39 is 0 Å². The lowest BCUT2D eigenvalue weighted by molar-refractivity contribution is 0.306. The van der Waals surface area contributed by atoms with Gasteiger partial charge in [-0.3, -0.25) is 0 Å². The molecule has 0 amide bonds. The van der Waals surface area contributed by atoms with Gasteiger partial charge in [0.1, 0.15) is 12.4 Å². The van der Waals surface area contributed by atoms with Crippen molar-refractivity contribution in [2.75, 3.05) is 4.90 Å². The van der Waals surface area contributed by atoms with Gasteiger partial charge in [-0.2, -0.15) is 0 Å². The van der Waals surface area contributed by atoms with E-state index in [9.17, 15) is 0 Å². The summed E-state index contributed by atoms with van der Waals surface area (Å²) in [4.78, 5) is 2.28. The number of hydrogen-bond donors (Lipinski definition) is 0. The molecule has 0 fully saturated rings. The molecule has 41 heavy (non-hydrogen) atoms. The average Bonchev–Trinajstić information content (AvgIpc) is 3.05. The van der Waals surface area contributed by atoms with Gasteiger partial charge in [0.15, 0.2) is 0 Å². The van der Waals surface area contributed by atoms with Crippen molar-refractivity contribution >= 4 is 28.7 Å². The van der Waals surface area contributed by atoms with Gasteiger partial charge in [0, 0.05) is 17.1 Å². The predicted molar refractivity (Wildman–Crippen MR) is 172 cm³/mol. The molecule has 6 aromatic rings. The third-order valence-corrected chi connectivity index (χ3v) is 6.97. The molecule has 0 saturated heterocycles. The molecule has 0 aliphatic rings. The molecule has 0 spiro atoms. The summed E-state index contributed by atoms with van der Waals surface area (Å²) in [5.41, 5.74) is 9.05. The summed E-state index contributed by atoms with van der Waals surface area (Å²) in [6.45, 7) is 0.537. The van der Waals surface area contributed by atoms with Gasteiger partial charge in [-0.25, -0.2) is 0 Å². The van der Waals surface area contributed by atoms with Crippen molar-refractivity contribution in [2.45, 2.75) is 6.61 Å². The van der Waals surface area contributed by atoms with Crippen molar-refractivity contribution in [3.05, 3.63) is 192 Å². The van der Waals surface area contributed by atoms with Crippen LogP contribution in [0.15, 0.2) is 170 Å². The maximum Gasteiger partial charge on any atom is 0.120 e. The molecular weight excluding hydrogens is 498 g/mol. The number of benzene rings is 6. The quantitative estimate of drug-likeness (QED) is 0.173. The minimum Gasteiger partial charge on any atom is -0.489 e. The zero-order chi connectivity index (χ0) is 27.7. The van der Waals surface area contributed by atoms with Crippen LogP contribution in [0.4, 0.5) is 17.1 Å². The molecule has 0 aliphatic heterocycles. The standard InChI is InChI=1S/C39H31NO/c1-5-14-32(15-6-1)30-41-38-23-13-18-34(29-38)39(33-16-7-2-8-17-33)28-31-24-26-37(27-25-31)40(35-19-9-3-10-20-35)36-21-11-4-12-22-36/h1-29H,30H2. The zero-order valence-electron chi connectivity index (χ0n) is 22.8. The SMILES string of the molecule is C(=C(c1ccccc1)c1cccc(OCc2ccccc2)c1)c1ccc(N(c2ccccc2)c2ccccc2)cc1. The summed E-state index contributed by atoms with van der Waals surface area (Å²) in [7, 11) is 0. The maximum atomic E-state index is 6.16. The highest BCUT2D eigenvalue weighted by Gasteiger charge is 2.12. The van der Waals surface area contributed by atoms with Gasteiger partial charge < -0.3 is 9.64 Å². The molecule has 0 aromatic heterocycles. The minimum absolute atomic E-state index is 0.537. The summed E-state index contributed by atoms with van der Waals surface area (Å²) in [5, 5.41) is 0. The number of nitrogens with zero attached hydrogens (tertiary/aromatic N) is 1. The number of rotatable bonds is 9. The lowest BCUT2D eigenvalue weighted by Gasteiger charge is -2.25. The number of para-hydroxylation sites is 2. The van der Waals surface area contributed by atoms with Crippen LogP contribution in [0, 0.1) is 0 Å². The first kappa shape index (κ1) is 25.9. The summed E-state index contributed by atoms with van der Waals surface area (Å²) >= 11 is 0. The predicted octanol–water partition coefficient (Wildman–Crippen LogP) is 10.3. The molecule has 0 radical (unpaired) electrons. The Bertz CT molecular complexity index is 1660. The van der Waals surface area contributed by atoms with E-state index in [1.54, 1.807) is 0 Å². The molecule has 198 valence electrons. The lowest BCUT2D eigenvalue weighted by Crippen LogP contribution is -2.09. The summed E-state index contributed by atoms with van der Waals surface area (Å²) in [6, 6.07) is 58.9. The highest BCUT2D eigenvalue weighted by molar-refractivity contribution is 5.92. The van der Waals surface area contributed by atoms with E-state index in [1.165, 1.54) is 0 Å². The first-order valence-electron chi connectivity index (χ1n) is 13.9. The second-order valence-electron chi connectivity index (χ2n) is 9.82. The van der Waals surface area contributed by atoms with Gasteiger partial charge >= 0.3 is 0 Å². The van der Waals surface area contributed by atoms with Crippen molar-refractivity contribution in [1.82, 2.24) is 0 Å². The Morgan fingerprint density at radius 1 is 0.488 bits per heavy atom. The van der Waals surface area contributed by atoms with Crippen molar-refractivity contribution in [1.29, 1.82) is 0 Å². The normalized spacial score (nSPS) is 11.2. The van der Waals surface area contributed by atoms with Crippen molar-refractivity contribution < 1.29 is 4.74 Å². The fourth-order valence-corrected chi connectivity index (χ4v) is 4.93. The van der Waals surface area contributed by atoms with Gasteiger partial charge in [-0.15, -0.1) is 0 Å². The van der Waals surface area contributed by atoms with Crippen LogP contribution < -0.4 is 9.64 Å². The van der Waals surface area contributed by atoms with E-state index in [0.717, 1.165) is 50.6 Å². The second kappa shape index (κ2) is 12.7. The average molecular weight is 530 g/mol. The van der Waals surface area contributed by atoms with Crippen LogP contribution in [-0.4, -0.2) is 0 Å². The molecule has 6 rings (SSSR count). The molecule has 2 nitrogen and oxygen atoms in total. The fraction of sp³-hybridized carbons (Fsp3) is 0.0256. The number of hydrogen-bond acceptors (Lipinski definition) is 2. The van der Waals surface area contributed by atoms with Crippen LogP contribution in [0.2, 0.25) is 0 Å². The van der Waals surface area contributed by atoms with Crippen molar-refractivity contribution in [3.8, 4) is 5.75 Å². The van der Waals surface area contributed by atoms with E-state index in [0.29, 0.717) is 6.61 Å². The van der Waals surface area contributed by atoms with Crippen LogP contribution in [0.3, 0.4) is 0 Å². The molecule has 6 aromatic carbocycles. The Hall–Kier alpha value is -5.34. The second-order valence-corrected chi connectivity index (χ2v) is 9.82. The third-order valence-electron chi connectivity index (χ3n) is 6.97. The lowest BCUT2D eigenvalue weighted by atomic mass is 9.95. The molecule has 0 bridgehead atoms. The Morgan fingerprint density at radius 3 is 1.61 bits per heavy atom. The van der Waals surface area contributed by atoms with Crippen molar-refractivity contribution in [2.24, 2.45) is 0 Å². The third kappa shape index (κ3) is 6.46. The van der Waals surface area contributed by atoms with E-state index in [-0.39, 0.29) is 0 Å². The molecule has 0 atom stereocenters. The zero-order valence-corrected chi connectivity index (χ0v) is 22.8. The Labute approximate surface area is 242 Å².